The molecule has 1 heterocycles. The minimum Gasteiger partial charge on any atom is -0.357 e. The van der Waals surface area contributed by atoms with E-state index in [1.54, 1.807) is 4.31 Å². The number of sulfonamides is 1. The van der Waals surface area contributed by atoms with Gasteiger partial charge >= 0.3 is 0 Å². The maximum absolute atomic E-state index is 11.9. The summed E-state index contributed by atoms with van der Waals surface area (Å²) in [6, 6.07) is 0.297. The first-order valence-corrected chi connectivity index (χ1v) is 7.77. The smallest absolute Gasteiger partial charge is 0.213 e. The van der Waals surface area contributed by atoms with Crippen molar-refractivity contribution in [2.45, 2.75) is 53.1 Å². The average Bonchev–Trinajstić information content (AvgIpc) is 2.35. The van der Waals surface area contributed by atoms with Crippen LogP contribution in [0, 0.1) is 0 Å². The zero-order valence-electron chi connectivity index (χ0n) is 11.9. The van der Waals surface area contributed by atoms with Crippen LogP contribution in [0.2, 0.25) is 0 Å². The van der Waals surface area contributed by atoms with E-state index < -0.39 is 15.6 Å². The van der Waals surface area contributed by atoms with Gasteiger partial charge < -0.3 is 4.90 Å². The van der Waals surface area contributed by atoms with Crippen LogP contribution in [0.4, 0.5) is 0 Å². The predicted octanol–water partition coefficient (Wildman–Crippen LogP) is 2.00. The maximum Gasteiger partial charge on any atom is 0.213 e. The molecule has 0 bridgehead atoms. The van der Waals surface area contributed by atoms with Gasteiger partial charge in [-0.1, -0.05) is 5.57 Å². The molecule has 1 fully saturated rings. The van der Waals surface area contributed by atoms with Crippen LogP contribution in [0.5, 0.6) is 0 Å². The minimum atomic E-state index is -3.19. The maximum atomic E-state index is 11.9. The highest BCUT2D eigenvalue weighted by molar-refractivity contribution is 7.88. The molecule has 17 heavy (non-hydrogen) atoms. The van der Waals surface area contributed by atoms with Crippen LogP contribution in [0.3, 0.4) is 0 Å². The van der Waals surface area contributed by atoms with Crippen LogP contribution in [-0.2, 0) is 10.0 Å². The molecule has 0 N–H and O–H groups in total. The summed E-state index contributed by atoms with van der Waals surface area (Å²) in [5, 5.41) is 0. The summed E-state index contributed by atoms with van der Waals surface area (Å²) >= 11 is 0. The lowest BCUT2D eigenvalue weighted by atomic mass is 9.97. The molecule has 0 aromatic carbocycles. The molecular weight excluding hydrogens is 236 g/mol. The Hall–Kier alpha value is -0.550. The SMILES string of the molecule is CC(C)=C1N(C(C)C)CN(S(C)(=O)=O)C1(C)C. The minimum absolute atomic E-state index is 0.297. The molecule has 4 nitrogen and oxygen atoms in total. The van der Waals surface area contributed by atoms with Gasteiger partial charge in [0.15, 0.2) is 0 Å². The van der Waals surface area contributed by atoms with Gasteiger partial charge in [-0.3, -0.25) is 0 Å². The van der Waals surface area contributed by atoms with Crippen LogP contribution in [-0.4, -0.2) is 42.1 Å². The average molecular weight is 260 g/mol. The lowest BCUT2D eigenvalue weighted by molar-refractivity contribution is 0.266. The Bertz CT molecular complexity index is 431. The van der Waals surface area contributed by atoms with Crippen LogP contribution >= 0.6 is 0 Å². The molecular formula is C12H24N2O2S. The summed E-state index contributed by atoms with van der Waals surface area (Å²) in [6.07, 6.45) is 1.28. The molecule has 1 aliphatic heterocycles. The van der Waals surface area contributed by atoms with Crippen LogP contribution < -0.4 is 0 Å². The van der Waals surface area contributed by atoms with Crippen LogP contribution in [0.15, 0.2) is 11.3 Å². The molecule has 100 valence electrons. The number of hydrogen-bond donors (Lipinski definition) is 0. The van der Waals surface area contributed by atoms with Gasteiger partial charge in [-0.25, -0.2) is 8.42 Å². The van der Waals surface area contributed by atoms with E-state index in [9.17, 15) is 8.42 Å². The van der Waals surface area contributed by atoms with Gasteiger partial charge in [-0.2, -0.15) is 4.31 Å². The van der Waals surface area contributed by atoms with E-state index >= 15 is 0 Å². The highest BCUT2D eigenvalue weighted by Gasteiger charge is 2.47. The molecule has 0 aliphatic carbocycles. The lowest BCUT2D eigenvalue weighted by Crippen LogP contribution is -2.43. The Kier molecular flexibility index (Phi) is 3.65. The summed E-state index contributed by atoms with van der Waals surface area (Å²) in [4.78, 5) is 2.16. The van der Waals surface area contributed by atoms with Gasteiger partial charge in [-0.15, -0.1) is 0 Å². The van der Waals surface area contributed by atoms with Crippen molar-refractivity contribution >= 4 is 10.0 Å². The van der Waals surface area contributed by atoms with Crippen molar-refractivity contribution in [1.82, 2.24) is 9.21 Å². The number of rotatable bonds is 2. The fraction of sp³-hybridized carbons (Fsp3) is 0.833. The van der Waals surface area contributed by atoms with E-state index in [-0.39, 0.29) is 0 Å². The van der Waals surface area contributed by atoms with Crippen LogP contribution in [0.1, 0.15) is 41.5 Å². The third kappa shape index (κ3) is 2.50. The Morgan fingerprint density at radius 2 is 1.76 bits per heavy atom. The first-order chi connectivity index (χ1) is 7.49. The van der Waals surface area contributed by atoms with Crippen molar-refractivity contribution in [1.29, 1.82) is 0 Å². The van der Waals surface area contributed by atoms with Crippen molar-refractivity contribution in [2.24, 2.45) is 0 Å². The van der Waals surface area contributed by atoms with Gasteiger partial charge in [0, 0.05) is 11.7 Å². The second-order valence-corrected chi connectivity index (χ2v) is 7.63. The van der Waals surface area contributed by atoms with E-state index in [1.807, 2.05) is 27.7 Å². The van der Waals surface area contributed by atoms with Gasteiger partial charge in [0.2, 0.25) is 10.0 Å². The predicted molar refractivity (Wildman–Crippen MR) is 71.0 cm³/mol. The lowest BCUT2D eigenvalue weighted by Gasteiger charge is -2.31. The van der Waals surface area contributed by atoms with Crippen LogP contribution in [0.25, 0.3) is 0 Å². The largest absolute Gasteiger partial charge is 0.357 e. The molecule has 0 unspecified atom stereocenters. The molecule has 0 radical (unpaired) electrons. The number of nitrogens with zero attached hydrogens (tertiary/aromatic N) is 2. The Balaban J connectivity index is 3.35. The molecule has 1 aliphatic rings. The van der Waals surface area contributed by atoms with E-state index in [4.69, 9.17) is 0 Å². The van der Waals surface area contributed by atoms with E-state index in [1.165, 1.54) is 11.8 Å². The van der Waals surface area contributed by atoms with Gasteiger partial charge in [0.1, 0.15) is 0 Å². The Morgan fingerprint density at radius 1 is 1.29 bits per heavy atom. The fourth-order valence-electron chi connectivity index (χ4n) is 2.70. The molecule has 5 heteroatoms. The molecule has 0 atom stereocenters. The third-order valence-electron chi connectivity index (χ3n) is 3.27. The van der Waals surface area contributed by atoms with Crippen molar-refractivity contribution in [2.75, 3.05) is 12.9 Å². The van der Waals surface area contributed by atoms with Gasteiger partial charge in [-0.05, 0) is 41.5 Å². The summed E-state index contributed by atoms with van der Waals surface area (Å²) in [7, 11) is -3.19. The molecule has 0 aromatic rings. The second-order valence-electron chi connectivity index (χ2n) is 5.72. The molecule has 0 spiro atoms. The Morgan fingerprint density at radius 3 is 2.00 bits per heavy atom. The highest BCUT2D eigenvalue weighted by atomic mass is 32.2. The Labute approximate surface area is 105 Å². The van der Waals surface area contributed by atoms with Crippen molar-refractivity contribution in [3.63, 3.8) is 0 Å². The molecule has 0 aromatic heterocycles. The quantitative estimate of drug-likeness (QED) is 0.762. The number of hydrogen-bond acceptors (Lipinski definition) is 3. The van der Waals surface area contributed by atoms with E-state index in [0.717, 1.165) is 5.70 Å². The van der Waals surface area contributed by atoms with Crippen molar-refractivity contribution in [3.8, 4) is 0 Å². The van der Waals surface area contributed by atoms with Gasteiger partial charge in [0.25, 0.3) is 0 Å². The van der Waals surface area contributed by atoms with Gasteiger partial charge in [0.05, 0.1) is 18.5 Å². The fourth-order valence-corrected chi connectivity index (χ4v) is 3.95. The first kappa shape index (κ1) is 14.5. The normalized spacial score (nSPS) is 21.4. The number of allylic oxidation sites excluding steroid dienone is 1. The van der Waals surface area contributed by atoms with E-state index in [0.29, 0.717) is 12.7 Å². The molecule has 1 saturated heterocycles. The topological polar surface area (TPSA) is 40.6 Å². The summed E-state index contributed by atoms with van der Waals surface area (Å²) < 4.78 is 25.3. The second kappa shape index (κ2) is 4.28. The standard InChI is InChI=1S/C12H24N2O2S/c1-9(2)11-12(5,6)14(17(7,15)16)8-13(11)10(3)4/h10H,8H2,1-7H3. The summed E-state index contributed by atoms with van der Waals surface area (Å²) in [5.41, 5.74) is 1.84. The highest BCUT2D eigenvalue weighted by Crippen LogP contribution is 2.38. The monoisotopic (exact) mass is 260 g/mol. The third-order valence-corrected chi connectivity index (χ3v) is 4.64. The van der Waals surface area contributed by atoms with E-state index in [2.05, 4.69) is 18.7 Å². The first-order valence-electron chi connectivity index (χ1n) is 5.92. The summed E-state index contributed by atoms with van der Waals surface area (Å²) in [5.74, 6) is 0. The van der Waals surface area contributed by atoms with Crippen molar-refractivity contribution in [3.05, 3.63) is 11.3 Å². The molecule has 1 rings (SSSR count). The molecule has 0 saturated carbocycles. The molecule has 0 amide bonds. The summed E-state index contributed by atoms with van der Waals surface area (Å²) in [6.45, 7) is 12.6. The van der Waals surface area contributed by atoms with Crippen molar-refractivity contribution < 1.29 is 8.42 Å². The zero-order valence-corrected chi connectivity index (χ0v) is 12.7. The zero-order chi connectivity index (χ0) is 13.6.